The second-order valence-electron chi connectivity index (χ2n) is 7.47. The minimum atomic E-state index is -0.271. The Hall–Kier alpha value is -2.40. The van der Waals surface area contributed by atoms with Crippen molar-refractivity contribution in [3.05, 3.63) is 59.7 Å². The fourth-order valence-corrected chi connectivity index (χ4v) is 3.83. The van der Waals surface area contributed by atoms with Gasteiger partial charge in [0.05, 0.1) is 6.04 Å². The van der Waals surface area contributed by atoms with Crippen LogP contribution in [0, 0.1) is 5.92 Å². The zero-order valence-corrected chi connectivity index (χ0v) is 15.7. The van der Waals surface area contributed by atoms with E-state index in [0.29, 0.717) is 19.1 Å². The highest BCUT2D eigenvalue weighted by Crippen LogP contribution is 2.29. The molecule has 5 heteroatoms. The quantitative estimate of drug-likeness (QED) is 0.806. The Morgan fingerprint density at radius 1 is 1.33 bits per heavy atom. The number of aliphatic imine (C=N–C) groups is 1. The van der Waals surface area contributed by atoms with E-state index in [1.165, 1.54) is 0 Å². The van der Waals surface area contributed by atoms with E-state index in [2.05, 4.69) is 30.1 Å². The zero-order valence-electron chi connectivity index (χ0n) is 15.7. The third-order valence-corrected chi connectivity index (χ3v) is 5.40. The maximum Gasteiger partial charge on any atom is 0.410 e. The molecule has 4 rings (SSSR count). The maximum absolute atomic E-state index is 12.6. The Morgan fingerprint density at radius 3 is 2.96 bits per heavy atom. The third-order valence-electron chi connectivity index (χ3n) is 5.40. The summed E-state index contributed by atoms with van der Waals surface area (Å²) in [4.78, 5) is 18.9. The number of ether oxygens (including phenoxy) is 2. The van der Waals surface area contributed by atoms with Gasteiger partial charge < -0.3 is 14.4 Å². The number of carbonyl (C=O) groups excluding carboxylic acids is 1. The minimum absolute atomic E-state index is 0.00545. The molecular weight excluding hydrogens is 340 g/mol. The van der Waals surface area contributed by atoms with Gasteiger partial charge in [-0.15, -0.1) is 0 Å². The Labute approximate surface area is 160 Å². The maximum atomic E-state index is 12.6. The first kappa shape index (κ1) is 18.0. The monoisotopic (exact) mass is 366 g/mol. The van der Waals surface area contributed by atoms with Gasteiger partial charge in [0.25, 0.3) is 0 Å². The van der Waals surface area contributed by atoms with Crippen LogP contribution in [0.2, 0.25) is 0 Å². The molecule has 0 saturated carbocycles. The minimum Gasteiger partial charge on any atom is -0.445 e. The number of nitrogens with zero attached hydrogens (tertiary/aromatic N) is 2. The van der Waals surface area contributed by atoms with Gasteiger partial charge >= 0.3 is 6.09 Å². The molecular formula is C22H26N2O3. The molecule has 1 fully saturated rings. The van der Waals surface area contributed by atoms with Crippen LogP contribution in [0.1, 0.15) is 31.7 Å². The number of benzene rings is 1. The van der Waals surface area contributed by atoms with Crippen LogP contribution in [0.15, 0.2) is 59.1 Å². The van der Waals surface area contributed by atoms with Crippen LogP contribution in [0.25, 0.3) is 0 Å². The van der Waals surface area contributed by atoms with Gasteiger partial charge in [0.2, 0.25) is 0 Å². The van der Waals surface area contributed by atoms with E-state index in [4.69, 9.17) is 9.47 Å². The van der Waals surface area contributed by atoms with Crippen LogP contribution < -0.4 is 0 Å². The van der Waals surface area contributed by atoms with Gasteiger partial charge in [0.15, 0.2) is 6.23 Å². The second kappa shape index (κ2) is 8.09. The molecule has 1 aliphatic carbocycles. The highest BCUT2D eigenvalue weighted by Gasteiger charge is 2.39. The van der Waals surface area contributed by atoms with Crippen molar-refractivity contribution in [3.8, 4) is 0 Å². The molecule has 27 heavy (non-hydrogen) atoms. The number of amides is 1. The molecule has 0 N–H and O–H groups in total. The van der Waals surface area contributed by atoms with Crippen molar-refractivity contribution >= 4 is 12.3 Å². The molecule has 3 aliphatic rings. The smallest absolute Gasteiger partial charge is 0.410 e. The van der Waals surface area contributed by atoms with Crippen molar-refractivity contribution in [3.63, 3.8) is 0 Å². The van der Waals surface area contributed by atoms with Crippen LogP contribution in [-0.4, -0.2) is 42.1 Å². The Morgan fingerprint density at radius 2 is 2.19 bits per heavy atom. The molecule has 1 amide bonds. The highest BCUT2D eigenvalue weighted by atomic mass is 16.6. The van der Waals surface area contributed by atoms with Crippen LogP contribution in [0.3, 0.4) is 0 Å². The average Bonchev–Trinajstić information content (AvgIpc) is 3.37. The zero-order chi connectivity index (χ0) is 18.6. The molecule has 0 aromatic heterocycles. The summed E-state index contributed by atoms with van der Waals surface area (Å²) in [5, 5.41) is 0. The molecule has 0 bridgehead atoms. The number of carbonyl (C=O) groups is 1. The number of hydrogen-bond donors (Lipinski definition) is 0. The SMILES string of the molecule is CC1C=CC(C2N=CC(C3CCCN3C(=O)OCc3ccccc3)O2)=CC1. The summed E-state index contributed by atoms with van der Waals surface area (Å²) in [5.41, 5.74) is 2.11. The molecule has 1 saturated heterocycles. The van der Waals surface area contributed by atoms with Crippen molar-refractivity contribution in [1.29, 1.82) is 0 Å². The van der Waals surface area contributed by atoms with Gasteiger partial charge in [-0.1, -0.05) is 55.5 Å². The first-order valence-electron chi connectivity index (χ1n) is 9.75. The van der Waals surface area contributed by atoms with Crippen molar-refractivity contribution < 1.29 is 14.3 Å². The van der Waals surface area contributed by atoms with E-state index in [1.54, 1.807) is 4.90 Å². The molecule has 1 aromatic carbocycles. The van der Waals surface area contributed by atoms with Crippen molar-refractivity contribution in [2.75, 3.05) is 6.54 Å². The summed E-state index contributed by atoms with van der Waals surface area (Å²) >= 11 is 0. The summed E-state index contributed by atoms with van der Waals surface area (Å²) in [6, 6.07) is 9.75. The first-order chi connectivity index (χ1) is 13.2. The summed E-state index contributed by atoms with van der Waals surface area (Å²) in [6.07, 6.45) is 10.6. The highest BCUT2D eigenvalue weighted by molar-refractivity contribution is 5.72. The molecule has 5 nitrogen and oxygen atoms in total. The molecule has 2 heterocycles. The summed E-state index contributed by atoms with van der Waals surface area (Å²) in [7, 11) is 0. The fourth-order valence-electron chi connectivity index (χ4n) is 3.83. The predicted octanol–water partition coefficient (Wildman–Crippen LogP) is 4.11. The van der Waals surface area contributed by atoms with E-state index in [-0.39, 0.29) is 24.5 Å². The van der Waals surface area contributed by atoms with Crippen LogP contribution in [0.4, 0.5) is 4.79 Å². The first-order valence-corrected chi connectivity index (χ1v) is 9.75. The topological polar surface area (TPSA) is 51.1 Å². The van der Waals surface area contributed by atoms with Crippen molar-refractivity contribution in [2.45, 2.75) is 51.2 Å². The lowest BCUT2D eigenvalue weighted by molar-refractivity contribution is 0.0204. The van der Waals surface area contributed by atoms with E-state index in [9.17, 15) is 4.79 Å². The normalized spacial score (nSPS) is 29.8. The van der Waals surface area contributed by atoms with Crippen LogP contribution >= 0.6 is 0 Å². The van der Waals surface area contributed by atoms with Crippen LogP contribution in [-0.2, 0) is 16.1 Å². The summed E-state index contributed by atoms with van der Waals surface area (Å²) in [5.74, 6) is 0.569. The van der Waals surface area contributed by atoms with Gasteiger partial charge in [-0.05, 0) is 36.3 Å². The largest absolute Gasteiger partial charge is 0.445 e. The fraction of sp³-hybridized carbons (Fsp3) is 0.455. The molecule has 2 aliphatic heterocycles. The number of rotatable bonds is 4. The van der Waals surface area contributed by atoms with Crippen molar-refractivity contribution in [1.82, 2.24) is 4.90 Å². The van der Waals surface area contributed by atoms with Crippen molar-refractivity contribution in [2.24, 2.45) is 10.9 Å². The van der Waals surface area contributed by atoms with E-state index >= 15 is 0 Å². The Balaban J connectivity index is 1.34. The lowest BCUT2D eigenvalue weighted by Crippen LogP contribution is -2.44. The predicted molar refractivity (Wildman–Crippen MR) is 105 cm³/mol. The number of likely N-dealkylation sites (tertiary alicyclic amines) is 1. The van der Waals surface area contributed by atoms with E-state index in [1.807, 2.05) is 36.5 Å². The molecule has 142 valence electrons. The average molecular weight is 366 g/mol. The summed E-state index contributed by atoms with van der Waals surface area (Å²) in [6.45, 7) is 3.20. The van der Waals surface area contributed by atoms with Gasteiger partial charge in [-0.2, -0.15) is 0 Å². The van der Waals surface area contributed by atoms with E-state index in [0.717, 1.165) is 30.4 Å². The van der Waals surface area contributed by atoms with Gasteiger partial charge in [-0.3, -0.25) is 4.99 Å². The van der Waals surface area contributed by atoms with Crippen LogP contribution in [0.5, 0.6) is 0 Å². The van der Waals surface area contributed by atoms with Gasteiger partial charge in [0, 0.05) is 12.8 Å². The second-order valence-corrected chi connectivity index (χ2v) is 7.47. The number of allylic oxidation sites excluding steroid dienone is 2. The lowest BCUT2D eigenvalue weighted by Gasteiger charge is -2.28. The standard InChI is InChI=1S/C22H26N2O3/c1-16-9-11-18(12-10-16)21-23-14-20(27-21)19-8-5-13-24(19)22(25)26-15-17-6-3-2-4-7-17/h2-4,6-7,9,11-12,14,16,19-21H,5,8,10,13,15H2,1H3. The lowest BCUT2D eigenvalue weighted by atomic mass is 9.98. The molecule has 0 radical (unpaired) electrons. The van der Waals surface area contributed by atoms with E-state index < -0.39 is 0 Å². The van der Waals surface area contributed by atoms with Gasteiger partial charge in [-0.25, -0.2) is 4.79 Å². The third kappa shape index (κ3) is 4.14. The summed E-state index contributed by atoms with van der Waals surface area (Å²) < 4.78 is 11.7. The Bertz CT molecular complexity index is 756. The molecule has 4 atom stereocenters. The number of hydrogen-bond acceptors (Lipinski definition) is 4. The molecule has 4 unspecified atom stereocenters. The van der Waals surface area contributed by atoms with Gasteiger partial charge in [0.1, 0.15) is 12.7 Å². The molecule has 1 aromatic rings. The Kier molecular flexibility index (Phi) is 5.39. The molecule has 0 spiro atoms.